The fraction of sp³-hybridized carbons (Fsp3) is 0.414. The Bertz CT molecular complexity index is 1250. The van der Waals surface area contributed by atoms with Gasteiger partial charge in [-0.1, -0.05) is 91.5 Å². The number of rotatable bonds is 8. The summed E-state index contributed by atoms with van der Waals surface area (Å²) in [5.41, 5.74) is 2.56. The molecule has 2 heterocycles. The first-order valence-corrected chi connectivity index (χ1v) is 13.2. The highest BCUT2D eigenvalue weighted by atomic mass is 35.5. The van der Waals surface area contributed by atoms with Gasteiger partial charge < -0.3 is 10.1 Å². The lowest BCUT2D eigenvalue weighted by molar-refractivity contribution is -0.148. The van der Waals surface area contributed by atoms with Gasteiger partial charge in [-0.2, -0.15) is 0 Å². The monoisotopic (exact) mass is 505 g/mol. The van der Waals surface area contributed by atoms with E-state index in [2.05, 4.69) is 34.6 Å². The standard InChI is InChI=1S/C29H32ClN3O3/c30-25-23-14-15-24(28(35)36-19-22-12-6-2-7-13-22)33(23)27(34)26(32-25)31-20-29(16-8-3-9-17-29)18-21-10-4-1-5-11-21/h1-2,4-7,10-13,24H,3,8-9,14-20H2,(H,31,32)/t24-/m0/s1. The third-order valence-electron chi connectivity index (χ3n) is 7.59. The molecule has 2 aliphatic rings. The molecule has 1 aliphatic carbocycles. The van der Waals surface area contributed by atoms with Gasteiger partial charge >= 0.3 is 5.97 Å². The van der Waals surface area contributed by atoms with Crippen LogP contribution in [0, 0.1) is 5.41 Å². The van der Waals surface area contributed by atoms with Crippen molar-refractivity contribution in [3.63, 3.8) is 0 Å². The van der Waals surface area contributed by atoms with E-state index in [1.165, 1.54) is 29.4 Å². The summed E-state index contributed by atoms with van der Waals surface area (Å²) >= 11 is 6.51. The van der Waals surface area contributed by atoms with Crippen molar-refractivity contribution in [3.8, 4) is 0 Å². The van der Waals surface area contributed by atoms with Crippen LogP contribution in [0.1, 0.15) is 61.4 Å². The van der Waals surface area contributed by atoms with Gasteiger partial charge in [0.15, 0.2) is 11.0 Å². The summed E-state index contributed by atoms with van der Waals surface area (Å²) in [4.78, 5) is 30.9. The average molecular weight is 506 g/mol. The molecule has 2 aromatic carbocycles. The number of aromatic nitrogens is 2. The van der Waals surface area contributed by atoms with Gasteiger partial charge in [-0.05, 0) is 48.6 Å². The van der Waals surface area contributed by atoms with E-state index in [0.29, 0.717) is 25.1 Å². The molecule has 7 heteroatoms. The molecule has 36 heavy (non-hydrogen) atoms. The fourth-order valence-electron chi connectivity index (χ4n) is 5.68. The lowest BCUT2D eigenvalue weighted by Gasteiger charge is -2.38. The number of ether oxygens (including phenoxy) is 1. The lowest BCUT2D eigenvalue weighted by Crippen LogP contribution is -2.37. The van der Waals surface area contributed by atoms with Crippen LogP contribution in [0.5, 0.6) is 0 Å². The van der Waals surface area contributed by atoms with Crippen molar-refractivity contribution in [1.29, 1.82) is 0 Å². The van der Waals surface area contributed by atoms with Gasteiger partial charge in [-0.3, -0.25) is 9.36 Å². The zero-order valence-electron chi connectivity index (χ0n) is 20.4. The molecule has 5 rings (SSSR count). The first-order valence-electron chi connectivity index (χ1n) is 12.8. The van der Waals surface area contributed by atoms with E-state index in [1.54, 1.807) is 0 Å². The number of carbonyl (C=O) groups is 1. The molecule has 0 unspecified atom stereocenters. The van der Waals surface area contributed by atoms with Crippen LogP contribution < -0.4 is 10.9 Å². The Morgan fingerprint density at radius 1 is 1.03 bits per heavy atom. The Morgan fingerprint density at radius 3 is 2.39 bits per heavy atom. The number of nitrogens with zero attached hydrogens (tertiary/aromatic N) is 2. The average Bonchev–Trinajstić information content (AvgIpc) is 3.37. The van der Waals surface area contributed by atoms with Crippen LogP contribution in [0.4, 0.5) is 5.82 Å². The predicted molar refractivity (Wildman–Crippen MR) is 141 cm³/mol. The molecule has 188 valence electrons. The highest BCUT2D eigenvalue weighted by Gasteiger charge is 2.36. The van der Waals surface area contributed by atoms with Gasteiger partial charge in [-0.25, -0.2) is 9.78 Å². The summed E-state index contributed by atoms with van der Waals surface area (Å²) in [6, 6.07) is 19.4. The molecule has 0 radical (unpaired) electrons. The summed E-state index contributed by atoms with van der Waals surface area (Å²) < 4.78 is 7.05. The zero-order valence-corrected chi connectivity index (χ0v) is 21.2. The highest BCUT2D eigenvalue weighted by Crippen LogP contribution is 2.39. The smallest absolute Gasteiger partial charge is 0.329 e. The van der Waals surface area contributed by atoms with Crippen LogP contribution in [-0.2, 0) is 29.0 Å². The molecule has 1 atom stereocenters. The van der Waals surface area contributed by atoms with Crippen molar-refractivity contribution >= 4 is 23.4 Å². The van der Waals surface area contributed by atoms with Gasteiger partial charge in [0.2, 0.25) is 0 Å². The molecule has 0 bridgehead atoms. The van der Waals surface area contributed by atoms with Crippen molar-refractivity contribution < 1.29 is 9.53 Å². The van der Waals surface area contributed by atoms with E-state index in [9.17, 15) is 9.59 Å². The second kappa shape index (κ2) is 10.9. The van der Waals surface area contributed by atoms with E-state index < -0.39 is 12.0 Å². The van der Waals surface area contributed by atoms with Crippen molar-refractivity contribution in [2.24, 2.45) is 5.41 Å². The molecule has 0 amide bonds. The Hall–Kier alpha value is -3.12. The molecule has 1 saturated carbocycles. The van der Waals surface area contributed by atoms with Crippen LogP contribution in [0.15, 0.2) is 65.5 Å². The third kappa shape index (κ3) is 5.34. The second-order valence-electron chi connectivity index (χ2n) is 10.1. The summed E-state index contributed by atoms with van der Waals surface area (Å²) in [6.45, 7) is 0.815. The number of esters is 1. The third-order valence-corrected chi connectivity index (χ3v) is 7.89. The molecule has 1 aromatic heterocycles. The second-order valence-corrected chi connectivity index (χ2v) is 10.5. The van der Waals surface area contributed by atoms with Crippen LogP contribution in [0.2, 0.25) is 5.15 Å². The molecule has 1 aliphatic heterocycles. The van der Waals surface area contributed by atoms with Crippen LogP contribution >= 0.6 is 11.6 Å². The minimum absolute atomic E-state index is 0.0535. The number of benzene rings is 2. The highest BCUT2D eigenvalue weighted by molar-refractivity contribution is 6.30. The maximum atomic E-state index is 13.5. The first kappa shape index (κ1) is 24.6. The van der Waals surface area contributed by atoms with E-state index in [-0.39, 0.29) is 28.6 Å². The molecule has 0 saturated heterocycles. The number of fused-ring (bicyclic) bond motifs is 1. The van der Waals surface area contributed by atoms with E-state index in [0.717, 1.165) is 24.8 Å². The van der Waals surface area contributed by atoms with Gasteiger partial charge in [0.1, 0.15) is 12.6 Å². The SMILES string of the molecule is O=C(OCc1ccccc1)[C@@H]1CCc2c(Cl)nc(NCC3(Cc4ccccc4)CCCCC3)c(=O)n21. The van der Waals surface area contributed by atoms with E-state index >= 15 is 0 Å². The van der Waals surface area contributed by atoms with Gasteiger partial charge in [0, 0.05) is 6.54 Å². The number of carbonyl (C=O) groups excluding carboxylic acids is 1. The van der Waals surface area contributed by atoms with E-state index in [1.807, 2.05) is 36.4 Å². The van der Waals surface area contributed by atoms with Crippen molar-refractivity contribution in [1.82, 2.24) is 9.55 Å². The predicted octanol–water partition coefficient (Wildman–Crippen LogP) is 5.73. The summed E-state index contributed by atoms with van der Waals surface area (Å²) in [5.74, 6) is -0.203. The maximum Gasteiger partial charge on any atom is 0.329 e. The maximum absolute atomic E-state index is 13.5. The largest absolute Gasteiger partial charge is 0.459 e. The topological polar surface area (TPSA) is 73.2 Å². The number of halogens is 1. The van der Waals surface area contributed by atoms with Crippen LogP contribution in [-0.4, -0.2) is 22.1 Å². The number of hydrogen-bond acceptors (Lipinski definition) is 5. The quantitative estimate of drug-likeness (QED) is 0.395. The summed E-state index contributed by atoms with van der Waals surface area (Å²) in [7, 11) is 0. The van der Waals surface area contributed by atoms with Crippen molar-refractivity contribution in [3.05, 3.63) is 93.0 Å². The van der Waals surface area contributed by atoms with Crippen molar-refractivity contribution in [2.75, 3.05) is 11.9 Å². The minimum Gasteiger partial charge on any atom is -0.459 e. The Labute approximate surface area is 216 Å². The number of anilines is 1. The Kier molecular flexibility index (Phi) is 7.42. The van der Waals surface area contributed by atoms with Gasteiger partial charge in [0.05, 0.1) is 5.69 Å². The fourth-order valence-corrected chi connectivity index (χ4v) is 5.95. The molecule has 0 spiro atoms. The molecular formula is C29H32ClN3O3. The zero-order chi connectivity index (χ0) is 25.0. The van der Waals surface area contributed by atoms with Gasteiger partial charge in [-0.15, -0.1) is 0 Å². The van der Waals surface area contributed by atoms with Gasteiger partial charge in [0.25, 0.3) is 5.56 Å². The van der Waals surface area contributed by atoms with Crippen molar-refractivity contribution in [2.45, 2.75) is 64.0 Å². The van der Waals surface area contributed by atoms with E-state index in [4.69, 9.17) is 16.3 Å². The lowest BCUT2D eigenvalue weighted by atomic mass is 9.70. The molecule has 1 fully saturated rings. The summed E-state index contributed by atoms with van der Waals surface area (Å²) in [5, 5.41) is 3.62. The summed E-state index contributed by atoms with van der Waals surface area (Å²) in [6.07, 6.45) is 7.76. The normalized spacial score (nSPS) is 18.4. The minimum atomic E-state index is -0.690. The molecule has 6 nitrogen and oxygen atoms in total. The van der Waals surface area contributed by atoms with Crippen LogP contribution in [0.25, 0.3) is 0 Å². The molecular weight excluding hydrogens is 474 g/mol. The first-order chi connectivity index (χ1) is 17.5. The number of hydrogen-bond donors (Lipinski definition) is 1. The Morgan fingerprint density at radius 2 is 1.69 bits per heavy atom. The number of nitrogens with one attached hydrogen (secondary N) is 1. The molecule has 1 N–H and O–H groups in total. The Balaban J connectivity index is 1.34. The molecule has 3 aromatic rings. The van der Waals surface area contributed by atoms with Crippen LogP contribution in [0.3, 0.4) is 0 Å².